The molecule has 1 rings (SSSR count). The molecule has 1 aromatic heterocycles. The van der Waals surface area contributed by atoms with Gasteiger partial charge in [-0.05, 0) is 38.1 Å². The number of nitrogens with two attached hydrogens (primary N) is 1. The van der Waals surface area contributed by atoms with Crippen LogP contribution in [0.15, 0.2) is 24.5 Å². The molecule has 2 atom stereocenters. The molecular formula is C12H21N3. The van der Waals surface area contributed by atoms with Crippen molar-refractivity contribution in [2.24, 2.45) is 11.7 Å². The van der Waals surface area contributed by atoms with Crippen LogP contribution in [-0.2, 0) is 6.54 Å². The summed E-state index contributed by atoms with van der Waals surface area (Å²) in [6.07, 6.45) is 3.71. The van der Waals surface area contributed by atoms with E-state index in [0.29, 0.717) is 12.0 Å². The molecule has 0 saturated heterocycles. The average Bonchev–Trinajstić information content (AvgIpc) is 2.28. The van der Waals surface area contributed by atoms with Gasteiger partial charge in [0.15, 0.2) is 0 Å². The molecule has 15 heavy (non-hydrogen) atoms. The highest BCUT2D eigenvalue weighted by molar-refractivity contribution is 5.08. The Morgan fingerprint density at radius 1 is 1.47 bits per heavy atom. The van der Waals surface area contributed by atoms with E-state index in [1.165, 1.54) is 5.56 Å². The maximum Gasteiger partial charge on any atom is 0.0312 e. The number of pyridine rings is 1. The Morgan fingerprint density at radius 2 is 2.20 bits per heavy atom. The van der Waals surface area contributed by atoms with Gasteiger partial charge < -0.3 is 5.73 Å². The van der Waals surface area contributed by atoms with Crippen molar-refractivity contribution >= 4 is 0 Å². The highest BCUT2D eigenvalue weighted by atomic mass is 15.1. The molecule has 0 aliphatic carbocycles. The van der Waals surface area contributed by atoms with E-state index in [-0.39, 0.29) is 0 Å². The van der Waals surface area contributed by atoms with Gasteiger partial charge in [-0.15, -0.1) is 0 Å². The largest absolute Gasteiger partial charge is 0.330 e. The molecule has 0 aliphatic heterocycles. The first-order chi connectivity index (χ1) is 7.15. The zero-order valence-electron chi connectivity index (χ0n) is 9.85. The molecule has 0 aromatic carbocycles. The number of rotatable bonds is 5. The smallest absolute Gasteiger partial charge is 0.0312 e. The summed E-state index contributed by atoms with van der Waals surface area (Å²) in [7, 11) is 2.13. The van der Waals surface area contributed by atoms with Crippen molar-refractivity contribution in [3.63, 3.8) is 0 Å². The van der Waals surface area contributed by atoms with Gasteiger partial charge >= 0.3 is 0 Å². The van der Waals surface area contributed by atoms with Crippen LogP contribution >= 0.6 is 0 Å². The summed E-state index contributed by atoms with van der Waals surface area (Å²) in [5, 5.41) is 0. The standard InChI is InChI=1S/C12H21N3/c1-10(7-13)11(2)15(3)9-12-5-4-6-14-8-12/h4-6,8,10-11H,7,9,13H2,1-3H3. The first-order valence-electron chi connectivity index (χ1n) is 5.44. The van der Waals surface area contributed by atoms with Crippen molar-refractivity contribution in [1.82, 2.24) is 9.88 Å². The quantitative estimate of drug-likeness (QED) is 0.795. The minimum atomic E-state index is 0.496. The van der Waals surface area contributed by atoms with Gasteiger partial charge in [-0.2, -0.15) is 0 Å². The summed E-state index contributed by atoms with van der Waals surface area (Å²) in [5.41, 5.74) is 6.91. The van der Waals surface area contributed by atoms with Gasteiger partial charge in [-0.1, -0.05) is 13.0 Å². The lowest BCUT2D eigenvalue weighted by molar-refractivity contribution is 0.194. The van der Waals surface area contributed by atoms with Crippen LogP contribution in [0.4, 0.5) is 0 Å². The Morgan fingerprint density at radius 3 is 2.73 bits per heavy atom. The molecule has 0 fully saturated rings. The molecule has 1 aromatic rings. The maximum absolute atomic E-state index is 5.67. The molecule has 0 bridgehead atoms. The lowest BCUT2D eigenvalue weighted by Gasteiger charge is -2.29. The monoisotopic (exact) mass is 207 g/mol. The van der Waals surface area contributed by atoms with Gasteiger partial charge in [0.05, 0.1) is 0 Å². The summed E-state index contributed by atoms with van der Waals surface area (Å²) in [4.78, 5) is 6.42. The number of nitrogens with zero attached hydrogens (tertiary/aromatic N) is 2. The van der Waals surface area contributed by atoms with Crippen molar-refractivity contribution in [2.45, 2.75) is 26.4 Å². The van der Waals surface area contributed by atoms with Crippen LogP contribution in [0.1, 0.15) is 19.4 Å². The first-order valence-corrected chi connectivity index (χ1v) is 5.44. The molecule has 84 valence electrons. The van der Waals surface area contributed by atoms with Gasteiger partial charge in [0.25, 0.3) is 0 Å². The van der Waals surface area contributed by atoms with Crippen molar-refractivity contribution in [1.29, 1.82) is 0 Å². The minimum absolute atomic E-state index is 0.496. The van der Waals surface area contributed by atoms with Gasteiger partial charge in [0.2, 0.25) is 0 Å². The van der Waals surface area contributed by atoms with Crippen LogP contribution in [0.25, 0.3) is 0 Å². The molecule has 3 nitrogen and oxygen atoms in total. The predicted molar refractivity (Wildman–Crippen MR) is 63.4 cm³/mol. The molecule has 2 unspecified atom stereocenters. The van der Waals surface area contributed by atoms with Crippen molar-refractivity contribution in [3.05, 3.63) is 30.1 Å². The van der Waals surface area contributed by atoms with Crippen LogP contribution in [0.5, 0.6) is 0 Å². The molecule has 0 aliphatic rings. The third-order valence-electron chi connectivity index (χ3n) is 3.05. The molecule has 2 N–H and O–H groups in total. The lowest BCUT2D eigenvalue weighted by Crippen LogP contribution is -2.37. The Labute approximate surface area is 92.3 Å². The molecule has 0 radical (unpaired) electrons. The van der Waals surface area contributed by atoms with Crippen molar-refractivity contribution in [3.8, 4) is 0 Å². The third-order valence-corrected chi connectivity index (χ3v) is 3.05. The normalized spacial score (nSPS) is 15.3. The molecule has 0 saturated carbocycles. The van der Waals surface area contributed by atoms with Crippen molar-refractivity contribution < 1.29 is 0 Å². The summed E-state index contributed by atoms with van der Waals surface area (Å²) in [6, 6.07) is 4.57. The minimum Gasteiger partial charge on any atom is -0.330 e. The first kappa shape index (κ1) is 12.1. The van der Waals surface area contributed by atoms with E-state index in [0.717, 1.165) is 13.1 Å². The van der Waals surface area contributed by atoms with E-state index < -0.39 is 0 Å². The fraction of sp³-hybridized carbons (Fsp3) is 0.583. The second kappa shape index (κ2) is 5.83. The fourth-order valence-electron chi connectivity index (χ4n) is 1.55. The number of hydrogen-bond acceptors (Lipinski definition) is 3. The lowest BCUT2D eigenvalue weighted by atomic mass is 10.0. The van der Waals surface area contributed by atoms with Crippen LogP contribution in [0.2, 0.25) is 0 Å². The molecule has 0 spiro atoms. The maximum atomic E-state index is 5.67. The van der Waals surface area contributed by atoms with Crippen LogP contribution in [-0.4, -0.2) is 29.5 Å². The van der Waals surface area contributed by atoms with E-state index in [1.54, 1.807) is 6.20 Å². The Bertz CT molecular complexity index is 273. The van der Waals surface area contributed by atoms with Crippen molar-refractivity contribution in [2.75, 3.05) is 13.6 Å². The van der Waals surface area contributed by atoms with Crippen LogP contribution in [0, 0.1) is 5.92 Å². The van der Waals surface area contributed by atoms with E-state index in [2.05, 4.69) is 36.8 Å². The highest BCUT2D eigenvalue weighted by Gasteiger charge is 2.15. The van der Waals surface area contributed by atoms with Crippen LogP contribution in [0.3, 0.4) is 0 Å². The zero-order valence-corrected chi connectivity index (χ0v) is 9.85. The van der Waals surface area contributed by atoms with Gasteiger partial charge in [-0.25, -0.2) is 0 Å². The van der Waals surface area contributed by atoms with E-state index >= 15 is 0 Å². The van der Waals surface area contributed by atoms with Gasteiger partial charge in [-0.3, -0.25) is 9.88 Å². The van der Waals surface area contributed by atoms with Gasteiger partial charge in [0, 0.05) is 25.0 Å². The third kappa shape index (κ3) is 3.61. The number of aromatic nitrogens is 1. The summed E-state index contributed by atoms with van der Waals surface area (Å²) in [5.74, 6) is 0.520. The van der Waals surface area contributed by atoms with Crippen LogP contribution < -0.4 is 5.73 Å². The predicted octanol–water partition coefficient (Wildman–Crippen LogP) is 1.50. The fourth-order valence-corrected chi connectivity index (χ4v) is 1.55. The summed E-state index contributed by atoms with van der Waals surface area (Å²) >= 11 is 0. The summed E-state index contributed by atoms with van der Waals surface area (Å²) in [6.45, 7) is 6.07. The Hall–Kier alpha value is -0.930. The average molecular weight is 207 g/mol. The molecule has 0 amide bonds. The topological polar surface area (TPSA) is 42.1 Å². The zero-order chi connectivity index (χ0) is 11.3. The Kier molecular flexibility index (Phi) is 4.72. The van der Waals surface area contributed by atoms with E-state index in [1.807, 2.05) is 12.3 Å². The van der Waals surface area contributed by atoms with E-state index in [9.17, 15) is 0 Å². The molecule has 1 heterocycles. The second-order valence-electron chi connectivity index (χ2n) is 4.23. The van der Waals surface area contributed by atoms with Gasteiger partial charge in [0.1, 0.15) is 0 Å². The molecular weight excluding hydrogens is 186 g/mol. The Balaban J connectivity index is 2.52. The SMILES string of the molecule is CC(CN)C(C)N(C)Cc1cccnc1. The highest BCUT2D eigenvalue weighted by Crippen LogP contribution is 2.11. The summed E-state index contributed by atoms with van der Waals surface area (Å²) < 4.78 is 0. The second-order valence-corrected chi connectivity index (χ2v) is 4.23. The molecule has 3 heteroatoms. The van der Waals surface area contributed by atoms with E-state index in [4.69, 9.17) is 5.73 Å². The number of hydrogen-bond donors (Lipinski definition) is 1.